The molecule has 1 amide bonds. The van der Waals surface area contributed by atoms with E-state index in [9.17, 15) is 14.7 Å². The van der Waals surface area contributed by atoms with Gasteiger partial charge in [0.15, 0.2) is 0 Å². The van der Waals surface area contributed by atoms with E-state index in [1.54, 1.807) is 11.8 Å². The molecule has 1 aliphatic heterocycles. The fourth-order valence-corrected chi connectivity index (χ4v) is 3.14. The Hall–Kier alpha value is -1.49. The average molecular weight is 321 g/mol. The van der Waals surface area contributed by atoms with Crippen LogP contribution in [-0.2, 0) is 16.0 Å². The lowest BCUT2D eigenvalue weighted by atomic mass is 9.97. The Morgan fingerprint density at radius 1 is 1.36 bits per heavy atom. The Kier molecular flexibility index (Phi) is 5.89. The van der Waals surface area contributed by atoms with Gasteiger partial charge in [-0.15, -0.1) is 0 Å². The van der Waals surface area contributed by atoms with E-state index in [-0.39, 0.29) is 17.7 Å². The van der Waals surface area contributed by atoms with Gasteiger partial charge in [-0.1, -0.05) is 37.3 Å². The topological polar surface area (TPSA) is 57.6 Å². The minimum atomic E-state index is -0.901. The molecule has 0 radical (unpaired) electrons. The Bertz CT molecular complexity index is 520. The predicted molar refractivity (Wildman–Crippen MR) is 89.0 cm³/mol. The number of aryl methyl sites for hydroxylation is 1. The lowest BCUT2D eigenvalue weighted by molar-refractivity contribution is -0.149. The summed E-state index contributed by atoms with van der Waals surface area (Å²) in [6, 6.07) is 9.47. The van der Waals surface area contributed by atoms with E-state index < -0.39 is 12.0 Å². The van der Waals surface area contributed by atoms with E-state index in [1.165, 1.54) is 5.56 Å². The summed E-state index contributed by atoms with van der Waals surface area (Å²) in [6.07, 6.45) is 2.38. The predicted octanol–water partition coefficient (Wildman–Crippen LogP) is 2.49. The number of thiol groups is 1. The SMILES string of the molecule is CC(CS)C(=O)N1CC(CCc2ccccc2)C[C@H]1C(=O)O. The lowest BCUT2D eigenvalue weighted by Crippen LogP contribution is -2.43. The molecule has 0 bridgehead atoms. The molecule has 0 spiro atoms. The Morgan fingerprint density at radius 2 is 2.05 bits per heavy atom. The number of carboxylic acid groups (broad SMARTS) is 1. The van der Waals surface area contributed by atoms with E-state index in [0.29, 0.717) is 18.7 Å². The fraction of sp³-hybridized carbons (Fsp3) is 0.529. The Labute approximate surface area is 136 Å². The molecule has 2 rings (SSSR count). The van der Waals surface area contributed by atoms with Crippen LogP contribution in [0.4, 0.5) is 0 Å². The standard InChI is InChI=1S/C17H23NO3S/c1-12(11-22)16(19)18-10-14(9-15(18)17(20)21)8-7-13-5-3-2-4-6-13/h2-6,12,14-15,22H,7-11H2,1H3,(H,20,21)/t12?,14?,15-/m0/s1. The van der Waals surface area contributed by atoms with Gasteiger partial charge in [0.05, 0.1) is 0 Å². The second-order valence-corrected chi connectivity index (χ2v) is 6.42. The molecule has 1 saturated heterocycles. The number of likely N-dealkylation sites (tertiary alicyclic amines) is 1. The fourth-order valence-electron chi connectivity index (χ4n) is 2.99. The molecule has 1 N–H and O–H groups in total. The van der Waals surface area contributed by atoms with Crippen LogP contribution in [0.15, 0.2) is 30.3 Å². The van der Waals surface area contributed by atoms with E-state index in [2.05, 4.69) is 24.8 Å². The molecule has 1 aliphatic rings. The molecule has 2 unspecified atom stereocenters. The zero-order valence-corrected chi connectivity index (χ0v) is 13.7. The Balaban J connectivity index is 1.98. The monoisotopic (exact) mass is 321 g/mol. The van der Waals surface area contributed by atoms with Crippen LogP contribution in [0.3, 0.4) is 0 Å². The van der Waals surface area contributed by atoms with Crippen molar-refractivity contribution in [1.82, 2.24) is 4.90 Å². The maximum Gasteiger partial charge on any atom is 0.326 e. The van der Waals surface area contributed by atoms with Gasteiger partial charge in [0, 0.05) is 18.2 Å². The number of hydrogen-bond donors (Lipinski definition) is 2. The first kappa shape index (κ1) is 16.9. The van der Waals surface area contributed by atoms with E-state index >= 15 is 0 Å². The van der Waals surface area contributed by atoms with Crippen LogP contribution < -0.4 is 0 Å². The molecule has 120 valence electrons. The summed E-state index contributed by atoms with van der Waals surface area (Å²) < 4.78 is 0. The number of rotatable bonds is 6. The first-order valence-corrected chi connectivity index (χ1v) is 8.34. The number of carbonyl (C=O) groups excluding carboxylic acids is 1. The van der Waals surface area contributed by atoms with Crippen LogP contribution in [0, 0.1) is 11.8 Å². The van der Waals surface area contributed by atoms with Crippen LogP contribution in [0.25, 0.3) is 0 Å². The van der Waals surface area contributed by atoms with Crippen molar-refractivity contribution in [3.05, 3.63) is 35.9 Å². The van der Waals surface area contributed by atoms with Crippen LogP contribution >= 0.6 is 12.6 Å². The van der Waals surface area contributed by atoms with Crippen molar-refractivity contribution >= 4 is 24.5 Å². The minimum Gasteiger partial charge on any atom is -0.480 e. The van der Waals surface area contributed by atoms with Crippen molar-refractivity contribution in [1.29, 1.82) is 0 Å². The second-order valence-electron chi connectivity index (χ2n) is 6.05. The first-order chi connectivity index (χ1) is 10.5. The summed E-state index contributed by atoms with van der Waals surface area (Å²) in [5.74, 6) is -0.543. The molecule has 1 aromatic carbocycles. The summed E-state index contributed by atoms with van der Waals surface area (Å²) in [7, 11) is 0. The van der Waals surface area contributed by atoms with E-state index in [4.69, 9.17) is 0 Å². The molecule has 22 heavy (non-hydrogen) atoms. The van der Waals surface area contributed by atoms with Gasteiger partial charge in [0.1, 0.15) is 6.04 Å². The van der Waals surface area contributed by atoms with Crippen LogP contribution in [0.5, 0.6) is 0 Å². The highest BCUT2D eigenvalue weighted by molar-refractivity contribution is 7.80. The van der Waals surface area contributed by atoms with Crippen molar-refractivity contribution in [3.63, 3.8) is 0 Å². The highest BCUT2D eigenvalue weighted by atomic mass is 32.1. The Morgan fingerprint density at radius 3 is 2.64 bits per heavy atom. The van der Waals surface area contributed by atoms with Crippen molar-refractivity contribution in [2.45, 2.75) is 32.2 Å². The summed E-state index contributed by atoms with van der Waals surface area (Å²) in [5.41, 5.74) is 1.25. The maximum atomic E-state index is 12.3. The molecule has 0 saturated carbocycles. The molecule has 4 nitrogen and oxygen atoms in total. The van der Waals surface area contributed by atoms with E-state index in [0.717, 1.165) is 12.8 Å². The summed E-state index contributed by atoms with van der Waals surface area (Å²) in [6.45, 7) is 2.34. The van der Waals surface area contributed by atoms with Crippen LogP contribution in [0.2, 0.25) is 0 Å². The van der Waals surface area contributed by atoms with Crippen LogP contribution in [0.1, 0.15) is 25.3 Å². The zero-order valence-electron chi connectivity index (χ0n) is 12.8. The third kappa shape index (κ3) is 4.03. The number of nitrogens with zero attached hydrogens (tertiary/aromatic N) is 1. The van der Waals surface area contributed by atoms with Gasteiger partial charge in [0.25, 0.3) is 0 Å². The van der Waals surface area contributed by atoms with Crippen molar-refractivity contribution in [3.8, 4) is 0 Å². The molecular weight excluding hydrogens is 298 g/mol. The van der Waals surface area contributed by atoms with Crippen molar-refractivity contribution < 1.29 is 14.7 Å². The number of carboxylic acids is 1. The van der Waals surface area contributed by atoms with Gasteiger partial charge in [0.2, 0.25) is 5.91 Å². The molecule has 0 aromatic heterocycles. The van der Waals surface area contributed by atoms with Crippen LogP contribution in [-0.4, -0.2) is 40.2 Å². The van der Waals surface area contributed by atoms with Crippen molar-refractivity contribution in [2.75, 3.05) is 12.3 Å². The van der Waals surface area contributed by atoms with Gasteiger partial charge in [-0.3, -0.25) is 4.79 Å². The minimum absolute atomic E-state index is 0.0930. The third-order valence-corrected chi connectivity index (χ3v) is 4.88. The molecule has 1 aromatic rings. The largest absolute Gasteiger partial charge is 0.480 e. The average Bonchev–Trinajstić information content (AvgIpc) is 2.97. The van der Waals surface area contributed by atoms with Gasteiger partial charge >= 0.3 is 5.97 Å². The molecule has 3 atom stereocenters. The quantitative estimate of drug-likeness (QED) is 0.792. The van der Waals surface area contributed by atoms with E-state index in [1.807, 2.05) is 18.2 Å². The molecular formula is C17H23NO3S. The smallest absolute Gasteiger partial charge is 0.326 e. The normalized spacial score (nSPS) is 22.5. The summed E-state index contributed by atoms with van der Waals surface area (Å²) in [5, 5.41) is 9.38. The maximum absolute atomic E-state index is 12.3. The van der Waals surface area contributed by atoms with Crippen molar-refractivity contribution in [2.24, 2.45) is 11.8 Å². The summed E-state index contributed by atoms with van der Waals surface area (Å²) in [4.78, 5) is 25.3. The number of hydrogen-bond acceptors (Lipinski definition) is 3. The highest BCUT2D eigenvalue weighted by Crippen LogP contribution is 2.28. The number of aliphatic carboxylic acids is 1. The molecule has 5 heteroatoms. The van der Waals surface area contributed by atoms with Gasteiger partial charge in [-0.2, -0.15) is 12.6 Å². The molecule has 1 heterocycles. The van der Waals surface area contributed by atoms with Gasteiger partial charge in [-0.25, -0.2) is 4.79 Å². The zero-order chi connectivity index (χ0) is 16.1. The number of amides is 1. The molecule has 0 aliphatic carbocycles. The highest BCUT2D eigenvalue weighted by Gasteiger charge is 2.40. The van der Waals surface area contributed by atoms with Gasteiger partial charge < -0.3 is 10.0 Å². The third-order valence-electron chi connectivity index (χ3n) is 4.34. The number of benzene rings is 1. The summed E-state index contributed by atoms with van der Waals surface area (Å²) >= 11 is 4.15. The number of carbonyl (C=O) groups is 2. The lowest BCUT2D eigenvalue weighted by Gasteiger charge is -2.24. The second kappa shape index (κ2) is 7.68. The first-order valence-electron chi connectivity index (χ1n) is 7.71. The molecule has 1 fully saturated rings. The van der Waals surface area contributed by atoms with Gasteiger partial charge in [-0.05, 0) is 30.7 Å².